The van der Waals surface area contributed by atoms with Gasteiger partial charge in [0.25, 0.3) is 0 Å². The Balaban J connectivity index is 1.83. The number of carbonyl (C=O) groups is 1. The number of nitrogens with one attached hydrogen (secondary N) is 1. The lowest BCUT2D eigenvalue weighted by atomic mass is 10.1. The lowest BCUT2D eigenvalue weighted by Crippen LogP contribution is -2.22. The molecule has 2 aromatic rings. The third-order valence-electron chi connectivity index (χ3n) is 4.03. The average molecular weight is 377 g/mol. The average Bonchev–Trinajstić information content (AvgIpc) is 2.58. The van der Waals surface area contributed by atoms with Gasteiger partial charge >= 0.3 is 0 Å². The SMILES string of the molecule is CCCCCCCCC(Br)C(=O)Nc1cccc2cnccc12. The van der Waals surface area contributed by atoms with Crippen molar-refractivity contribution in [3.05, 3.63) is 36.7 Å². The third kappa shape index (κ3) is 5.61. The van der Waals surface area contributed by atoms with Crippen LogP contribution in [-0.4, -0.2) is 15.7 Å². The number of unbranched alkanes of at least 4 members (excludes halogenated alkanes) is 5. The summed E-state index contributed by atoms with van der Waals surface area (Å²) in [5.41, 5.74) is 0.849. The summed E-state index contributed by atoms with van der Waals surface area (Å²) in [4.78, 5) is 16.3. The molecule has 0 aliphatic carbocycles. The molecule has 0 fully saturated rings. The molecule has 1 N–H and O–H groups in total. The number of fused-ring (bicyclic) bond motifs is 1. The van der Waals surface area contributed by atoms with Crippen molar-refractivity contribution in [2.75, 3.05) is 5.32 Å². The van der Waals surface area contributed by atoms with Crippen molar-refractivity contribution in [3.8, 4) is 0 Å². The number of alkyl halides is 1. The Hall–Kier alpha value is -1.42. The summed E-state index contributed by atoms with van der Waals surface area (Å²) in [5, 5.41) is 5.09. The molecular weight excluding hydrogens is 352 g/mol. The van der Waals surface area contributed by atoms with Gasteiger partial charge in [0, 0.05) is 28.9 Å². The molecule has 23 heavy (non-hydrogen) atoms. The fraction of sp³-hybridized carbons (Fsp3) is 0.474. The molecule has 1 aromatic heterocycles. The van der Waals surface area contributed by atoms with E-state index in [9.17, 15) is 4.79 Å². The molecule has 0 aliphatic heterocycles. The van der Waals surface area contributed by atoms with Gasteiger partial charge in [-0.15, -0.1) is 0 Å². The van der Waals surface area contributed by atoms with Crippen LogP contribution in [0.1, 0.15) is 51.9 Å². The molecule has 3 nitrogen and oxygen atoms in total. The van der Waals surface area contributed by atoms with Gasteiger partial charge in [-0.25, -0.2) is 0 Å². The highest BCUT2D eigenvalue weighted by Crippen LogP contribution is 2.23. The van der Waals surface area contributed by atoms with Crippen molar-refractivity contribution in [1.82, 2.24) is 4.98 Å². The van der Waals surface area contributed by atoms with Gasteiger partial charge in [-0.1, -0.05) is 73.5 Å². The maximum absolute atomic E-state index is 12.3. The zero-order valence-electron chi connectivity index (χ0n) is 13.7. The number of halogens is 1. The topological polar surface area (TPSA) is 42.0 Å². The lowest BCUT2D eigenvalue weighted by molar-refractivity contribution is -0.115. The minimum absolute atomic E-state index is 0.0304. The molecule has 0 radical (unpaired) electrons. The van der Waals surface area contributed by atoms with E-state index in [1.54, 1.807) is 6.20 Å². The number of hydrogen-bond donors (Lipinski definition) is 1. The number of pyridine rings is 1. The fourth-order valence-corrected chi connectivity index (χ4v) is 3.12. The Bertz CT molecular complexity index is 624. The van der Waals surface area contributed by atoms with Gasteiger partial charge in [-0.3, -0.25) is 9.78 Å². The number of benzene rings is 1. The van der Waals surface area contributed by atoms with Crippen LogP contribution < -0.4 is 5.32 Å². The van der Waals surface area contributed by atoms with Crippen molar-refractivity contribution >= 4 is 38.3 Å². The van der Waals surface area contributed by atoms with Crippen LogP contribution in [0.2, 0.25) is 0 Å². The second kappa shape index (κ2) is 9.66. The van der Waals surface area contributed by atoms with E-state index >= 15 is 0 Å². The molecule has 1 unspecified atom stereocenters. The molecule has 1 atom stereocenters. The standard InChI is InChI=1S/C19H25BrN2O/c1-2-3-4-5-6-7-10-17(20)19(23)22-18-11-8-9-15-14-21-13-12-16(15)18/h8-9,11-14,17H,2-7,10H2,1H3,(H,22,23). The van der Waals surface area contributed by atoms with E-state index in [1.807, 2.05) is 30.5 Å². The molecule has 1 heterocycles. The van der Waals surface area contributed by atoms with E-state index in [-0.39, 0.29) is 10.7 Å². The van der Waals surface area contributed by atoms with Gasteiger partial charge in [0.05, 0.1) is 4.83 Å². The summed E-state index contributed by atoms with van der Waals surface area (Å²) < 4.78 is 0. The molecule has 0 spiro atoms. The van der Waals surface area contributed by atoms with Gasteiger partial charge < -0.3 is 5.32 Å². The first kappa shape index (κ1) is 17.9. The molecule has 4 heteroatoms. The first-order valence-electron chi connectivity index (χ1n) is 8.50. The molecular formula is C19H25BrN2O. The van der Waals surface area contributed by atoms with Gasteiger partial charge in [0.1, 0.15) is 0 Å². The monoisotopic (exact) mass is 376 g/mol. The number of rotatable bonds is 9. The summed E-state index contributed by atoms with van der Waals surface area (Å²) in [6.07, 6.45) is 11.9. The van der Waals surface area contributed by atoms with Crippen molar-refractivity contribution in [2.45, 2.75) is 56.7 Å². The van der Waals surface area contributed by atoms with Crippen LogP contribution in [0.4, 0.5) is 5.69 Å². The Kier molecular flexibility index (Phi) is 7.53. The van der Waals surface area contributed by atoms with Crippen LogP contribution in [0, 0.1) is 0 Å². The second-order valence-electron chi connectivity index (χ2n) is 5.92. The summed E-state index contributed by atoms with van der Waals surface area (Å²) in [5.74, 6) is 0.0304. The molecule has 0 bridgehead atoms. The summed E-state index contributed by atoms with van der Waals surface area (Å²) in [6, 6.07) is 7.81. The van der Waals surface area contributed by atoms with E-state index in [0.717, 1.165) is 29.3 Å². The summed E-state index contributed by atoms with van der Waals surface area (Å²) >= 11 is 3.52. The minimum atomic E-state index is -0.134. The van der Waals surface area contributed by atoms with Crippen LogP contribution in [0.15, 0.2) is 36.7 Å². The molecule has 124 valence electrons. The number of anilines is 1. The predicted molar refractivity (Wildman–Crippen MR) is 101 cm³/mol. The van der Waals surface area contributed by atoms with Crippen LogP contribution in [0.3, 0.4) is 0 Å². The van der Waals surface area contributed by atoms with Crippen LogP contribution in [0.25, 0.3) is 10.8 Å². The largest absolute Gasteiger partial charge is 0.325 e. The van der Waals surface area contributed by atoms with Gasteiger partial charge in [0.15, 0.2) is 0 Å². The normalized spacial score (nSPS) is 12.3. The van der Waals surface area contributed by atoms with Crippen molar-refractivity contribution in [2.24, 2.45) is 0 Å². The second-order valence-corrected chi connectivity index (χ2v) is 7.02. The Morgan fingerprint density at radius 2 is 1.96 bits per heavy atom. The van der Waals surface area contributed by atoms with E-state index in [1.165, 1.54) is 32.1 Å². The predicted octanol–water partition coefficient (Wildman–Crippen LogP) is 5.69. The number of hydrogen-bond acceptors (Lipinski definition) is 2. The smallest absolute Gasteiger partial charge is 0.238 e. The number of nitrogens with zero attached hydrogens (tertiary/aromatic N) is 1. The van der Waals surface area contributed by atoms with Gasteiger partial charge in [-0.05, 0) is 18.6 Å². The van der Waals surface area contributed by atoms with Crippen LogP contribution in [-0.2, 0) is 4.79 Å². The van der Waals surface area contributed by atoms with E-state index < -0.39 is 0 Å². The van der Waals surface area contributed by atoms with Gasteiger partial charge in [0.2, 0.25) is 5.91 Å². The molecule has 0 aliphatic rings. The number of amides is 1. The highest BCUT2D eigenvalue weighted by Gasteiger charge is 2.15. The first-order chi connectivity index (χ1) is 11.2. The van der Waals surface area contributed by atoms with Crippen molar-refractivity contribution in [1.29, 1.82) is 0 Å². The van der Waals surface area contributed by atoms with Crippen molar-refractivity contribution < 1.29 is 4.79 Å². The number of aromatic nitrogens is 1. The zero-order valence-corrected chi connectivity index (χ0v) is 15.3. The lowest BCUT2D eigenvalue weighted by Gasteiger charge is -2.12. The van der Waals surface area contributed by atoms with Gasteiger partial charge in [-0.2, -0.15) is 0 Å². The first-order valence-corrected chi connectivity index (χ1v) is 9.41. The van der Waals surface area contributed by atoms with E-state index in [4.69, 9.17) is 0 Å². The summed E-state index contributed by atoms with van der Waals surface area (Å²) in [7, 11) is 0. The number of carbonyl (C=O) groups excluding carboxylic acids is 1. The highest BCUT2D eigenvalue weighted by molar-refractivity contribution is 9.10. The highest BCUT2D eigenvalue weighted by atomic mass is 79.9. The maximum Gasteiger partial charge on any atom is 0.238 e. The molecule has 0 saturated heterocycles. The molecule has 1 amide bonds. The summed E-state index contributed by atoms with van der Waals surface area (Å²) in [6.45, 7) is 2.22. The van der Waals surface area contributed by atoms with Crippen molar-refractivity contribution in [3.63, 3.8) is 0 Å². The minimum Gasteiger partial charge on any atom is -0.325 e. The maximum atomic E-state index is 12.3. The van der Waals surface area contributed by atoms with E-state index in [0.29, 0.717) is 0 Å². The van der Waals surface area contributed by atoms with Crippen LogP contribution >= 0.6 is 15.9 Å². The van der Waals surface area contributed by atoms with Crippen LogP contribution in [0.5, 0.6) is 0 Å². The zero-order chi connectivity index (χ0) is 16.5. The Morgan fingerprint density at radius 3 is 2.78 bits per heavy atom. The fourth-order valence-electron chi connectivity index (χ4n) is 2.68. The molecule has 2 rings (SSSR count). The Labute approximate surface area is 147 Å². The third-order valence-corrected chi connectivity index (χ3v) is 4.91. The van der Waals surface area contributed by atoms with E-state index in [2.05, 4.69) is 33.2 Å². The Morgan fingerprint density at radius 1 is 1.17 bits per heavy atom. The molecule has 0 saturated carbocycles. The quantitative estimate of drug-likeness (QED) is 0.451. The molecule has 1 aromatic carbocycles.